The van der Waals surface area contributed by atoms with E-state index in [0.717, 1.165) is 5.69 Å². The maximum Gasteiger partial charge on any atom is 0.139 e. The van der Waals surface area contributed by atoms with Crippen LogP contribution in [-0.4, -0.2) is 38.4 Å². The fraction of sp³-hybridized carbons (Fsp3) is 0.500. The number of aryl methyl sites for hydroxylation is 2. The van der Waals surface area contributed by atoms with E-state index < -0.39 is 6.10 Å². The van der Waals surface area contributed by atoms with Crippen molar-refractivity contribution in [3.8, 4) is 0 Å². The summed E-state index contributed by atoms with van der Waals surface area (Å²) < 4.78 is 8.31. The molecular weight excluding hydrogens is 268 g/mol. The monoisotopic (exact) mass is 284 g/mol. The number of hydrogen-bond acceptors (Lipinski definition) is 4. The van der Waals surface area contributed by atoms with E-state index in [0.29, 0.717) is 29.6 Å². The number of nitrogens with zero attached hydrogens (tertiary/aromatic N) is 4. The molecule has 0 saturated heterocycles. The first-order valence-corrected chi connectivity index (χ1v) is 6.31. The molecule has 6 nitrogen and oxygen atoms in total. The van der Waals surface area contributed by atoms with Crippen molar-refractivity contribution in [3.05, 3.63) is 34.4 Å². The van der Waals surface area contributed by atoms with Crippen molar-refractivity contribution in [1.29, 1.82) is 0 Å². The number of ether oxygens (including phenoxy) is 1. The van der Waals surface area contributed by atoms with Crippen molar-refractivity contribution in [1.82, 2.24) is 19.6 Å². The number of aliphatic hydroxyl groups is 1. The van der Waals surface area contributed by atoms with Crippen LogP contribution in [0.3, 0.4) is 0 Å². The molecule has 0 aliphatic carbocycles. The Morgan fingerprint density at radius 2 is 2.26 bits per heavy atom. The molecule has 0 aromatic carbocycles. The van der Waals surface area contributed by atoms with E-state index in [2.05, 4.69) is 10.2 Å². The second-order valence-electron chi connectivity index (χ2n) is 4.33. The van der Waals surface area contributed by atoms with Crippen LogP contribution in [0.1, 0.15) is 23.2 Å². The predicted molar refractivity (Wildman–Crippen MR) is 71.1 cm³/mol. The van der Waals surface area contributed by atoms with Crippen LogP contribution >= 0.6 is 11.6 Å². The minimum absolute atomic E-state index is 0.433. The van der Waals surface area contributed by atoms with Crippen LogP contribution in [0.15, 0.2) is 12.3 Å². The number of halogens is 1. The highest BCUT2D eigenvalue weighted by molar-refractivity contribution is 6.31. The van der Waals surface area contributed by atoms with Gasteiger partial charge < -0.3 is 9.84 Å². The molecule has 104 valence electrons. The molecule has 19 heavy (non-hydrogen) atoms. The molecule has 2 aromatic heterocycles. The Kier molecular flexibility index (Phi) is 4.24. The normalized spacial score (nSPS) is 12.9. The van der Waals surface area contributed by atoms with E-state index in [1.807, 2.05) is 13.0 Å². The molecule has 1 unspecified atom stereocenters. The van der Waals surface area contributed by atoms with E-state index in [9.17, 15) is 5.11 Å². The molecule has 0 aliphatic rings. The van der Waals surface area contributed by atoms with Crippen molar-refractivity contribution in [2.24, 2.45) is 7.05 Å². The molecule has 0 fully saturated rings. The quantitative estimate of drug-likeness (QED) is 0.899. The summed E-state index contributed by atoms with van der Waals surface area (Å²) in [4.78, 5) is 0. The fourth-order valence-corrected chi connectivity index (χ4v) is 2.27. The Labute approximate surface area is 116 Å². The second kappa shape index (κ2) is 5.73. The summed E-state index contributed by atoms with van der Waals surface area (Å²) >= 11 is 6.11. The molecule has 2 heterocycles. The van der Waals surface area contributed by atoms with Crippen molar-refractivity contribution in [2.45, 2.75) is 19.6 Å². The maximum absolute atomic E-state index is 10.5. The lowest BCUT2D eigenvalue weighted by atomic mass is 10.1. The Morgan fingerprint density at radius 1 is 1.53 bits per heavy atom. The molecule has 0 spiro atoms. The summed E-state index contributed by atoms with van der Waals surface area (Å²) in [5.74, 6) is 0. The average molecular weight is 285 g/mol. The van der Waals surface area contributed by atoms with Crippen molar-refractivity contribution >= 4 is 11.6 Å². The first-order valence-electron chi connectivity index (χ1n) is 5.93. The third-order valence-electron chi connectivity index (χ3n) is 2.92. The van der Waals surface area contributed by atoms with E-state index in [4.69, 9.17) is 16.3 Å². The lowest BCUT2D eigenvalue weighted by molar-refractivity contribution is 0.168. The van der Waals surface area contributed by atoms with Gasteiger partial charge in [0.25, 0.3) is 0 Å². The highest BCUT2D eigenvalue weighted by atomic mass is 35.5. The van der Waals surface area contributed by atoms with Gasteiger partial charge in [0.1, 0.15) is 6.10 Å². The average Bonchev–Trinajstić information content (AvgIpc) is 2.89. The van der Waals surface area contributed by atoms with E-state index in [1.54, 1.807) is 23.5 Å². The van der Waals surface area contributed by atoms with Crippen LogP contribution in [-0.2, 0) is 18.3 Å². The first kappa shape index (κ1) is 14.0. The molecular formula is C12H17ClN4O2. The van der Waals surface area contributed by atoms with Crippen molar-refractivity contribution in [2.75, 3.05) is 13.7 Å². The standard InChI is InChI=1S/C12H17ClN4O2/c1-8-6-10(16(2)15-8)12(18)11-9(13)7-14-17(11)4-5-19-3/h6-7,12,18H,4-5H2,1-3H3. The van der Waals surface area contributed by atoms with Crippen LogP contribution < -0.4 is 0 Å². The van der Waals surface area contributed by atoms with Gasteiger partial charge in [0.15, 0.2) is 0 Å². The number of methoxy groups -OCH3 is 1. The van der Waals surface area contributed by atoms with Crippen molar-refractivity contribution < 1.29 is 9.84 Å². The SMILES string of the molecule is COCCn1ncc(Cl)c1C(O)c1cc(C)nn1C. The third kappa shape index (κ3) is 2.80. The molecule has 1 atom stereocenters. The summed E-state index contributed by atoms with van der Waals surface area (Å²) in [6.45, 7) is 2.91. The topological polar surface area (TPSA) is 65.1 Å². The number of rotatable bonds is 5. The summed E-state index contributed by atoms with van der Waals surface area (Å²) in [5, 5.41) is 19.3. The van der Waals surface area contributed by atoms with Crippen LogP contribution in [0.4, 0.5) is 0 Å². The lowest BCUT2D eigenvalue weighted by Gasteiger charge is -2.14. The Hall–Kier alpha value is -1.37. The maximum atomic E-state index is 10.5. The van der Waals surface area contributed by atoms with E-state index >= 15 is 0 Å². The number of aromatic nitrogens is 4. The van der Waals surface area contributed by atoms with Gasteiger partial charge in [-0.25, -0.2) is 0 Å². The van der Waals surface area contributed by atoms with Gasteiger partial charge in [0.05, 0.1) is 41.5 Å². The molecule has 7 heteroatoms. The molecule has 0 aliphatic heterocycles. The summed E-state index contributed by atoms with van der Waals surface area (Å²) in [5.41, 5.74) is 2.08. The van der Waals surface area contributed by atoms with Gasteiger partial charge in [-0.15, -0.1) is 0 Å². The Bertz CT molecular complexity index is 564. The lowest BCUT2D eigenvalue weighted by Crippen LogP contribution is -2.15. The Balaban J connectivity index is 2.35. The van der Waals surface area contributed by atoms with Gasteiger partial charge in [-0.1, -0.05) is 11.6 Å². The largest absolute Gasteiger partial charge is 0.383 e. The zero-order chi connectivity index (χ0) is 14.0. The van der Waals surface area contributed by atoms with Crippen molar-refractivity contribution in [3.63, 3.8) is 0 Å². The van der Waals surface area contributed by atoms with Gasteiger partial charge in [-0.3, -0.25) is 9.36 Å². The molecule has 1 N–H and O–H groups in total. The molecule has 2 rings (SSSR count). The van der Waals surface area contributed by atoms with Gasteiger partial charge in [-0.05, 0) is 13.0 Å². The minimum atomic E-state index is -0.863. The van der Waals surface area contributed by atoms with Gasteiger partial charge in [0, 0.05) is 14.2 Å². The first-order chi connectivity index (χ1) is 9.04. The minimum Gasteiger partial charge on any atom is -0.383 e. The second-order valence-corrected chi connectivity index (χ2v) is 4.74. The molecule has 0 bridgehead atoms. The Morgan fingerprint density at radius 3 is 2.84 bits per heavy atom. The van der Waals surface area contributed by atoms with Gasteiger partial charge in [0.2, 0.25) is 0 Å². The van der Waals surface area contributed by atoms with Crippen LogP contribution in [0.25, 0.3) is 0 Å². The fourth-order valence-electron chi connectivity index (χ4n) is 2.03. The van der Waals surface area contributed by atoms with Crippen LogP contribution in [0, 0.1) is 6.92 Å². The highest BCUT2D eigenvalue weighted by Gasteiger charge is 2.22. The summed E-state index contributed by atoms with van der Waals surface area (Å²) in [6.07, 6.45) is 0.664. The van der Waals surface area contributed by atoms with Gasteiger partial charge in [-0.2, -0.15) is 10.2 Å². The zero-order valence-corrected chi connectivity index (χ0v) is 11.9. The summed E-state index contributed by atoms with van der Waals surface area (Å²) in [7, 11) is 3.40. The zero-order valence-electron chi connectivity index (χ0n) is 11.2. The highest BCUT2D eigenvalue weighted by Crippen LogP contribution is 2.28. The van der Waals surface area contributed by atoms with E-state index in [-0.39, 0.29) is 0 Å². The number of hydrogen-bond donors (Lipinski definition) is 1. The molecule has 0 radical (unpaired) electrons. The number of aliphatic hydroxyl groups excluding tert-OH is 1. The molecule has 0 amide bonds. The smallest absolute Gasteiger partial charge is 0.139 e. The predicted octanol–water partition coefficient (Wildman–Crippen LogP) is 1.31. The summed E-state index contributed by atoms with van der Waals surface area (Å²) in [6, 6.07) is 1.83. The van der Waals surface area contributed by atoms with Crippen LogP contribution in [0.2, 0.25) is 5.02 Å². The van der Waals surface area contributed by atoms with Crippen LogP contribution in [0.5, 0.6) is 0 Å². The molecule has 0 saturated carbocycles. The van der Waals surface area contributed by atoms with Gasteiger partial charge >= 0.3 is 0 Å². The third-order valence-corrected chi connectivity index (χ3v) is 3.21. The molecule has 2 aromatic rings. The van der Waals surface area contributed by atoms with E-state index in [1.165, 1.54) is 6.20 Å².